The molecule has 0 bridgehead atoms. The number of imidazole rings is 1. The Labute approximate surface area is 127 Å². The van der Waals surface area contributed by atoms with Gasteiger partial charge in [0.15, 0.2) is 0 Å². The quantitative estimate of drug-likeness (QED) is 0.729. The van der Waals surface area contributed by atoms with Gasteiger partial charge in [0.1, 0.15) is 11.6 Å². The van der Waals surface area contributed by atoms with Crippen molar-refractivity contribution in [2.24, 2.45) is 11.8 Å². The SMILES string of the molecule is CC1CCCC1Cn1c(CCl)nc2cc(F)c(Cl)cc21. The van der Waals surface area contributed by atoms with Crippen molar-refractivity contribution >= 4 is 34.2 Å². The number of halogens is 3. The minimum atomic E-state index is -0.431. The predicted molar refractivity (Wildman–Crippen MR) is 80.8 cm³/mol. The lowest BCUT2D eigenvalue weighted by atomic mass is 9.98. The lowest BCUT2D eigenvalue weighted by molar-refractivity contribution is 0.364. The largest absolute Gasteiger partial charge is 0.327 e. The molecular formula is C15H17Cl2FN2. The smallest absolute Gasteiger partial charge is 0.144 e. The Balaban J connectivity index is 2.05. The maximum Gasteiger partial charge on any atom is 0.144 e. The lowest BCUT2D eigenvalue weighted by Gasteiger charge is -2.18. The van der Waals surface area contributed by atoms with Crippen LogP contribution in [0.2, 0.25) is 5.02 Å². The highest BCUT2D eigenvalue weighted by Gasteiger charge is 2.25. The van der Waals surface area contributed by atoms with Gasteiger partial charge in [0.25, 0.3) is 0 Å². The van der Waals surface area contributed by atoms with E-state index in [0.29, 0.717) is 23.2 Å². The van der Waals surface area contributed by atoms with Crippen LogP contribution < -0.4 is 0 Å². The number of rotatable bonds is 3. The van der Waals surface area contributed by atoms with E-state index in [1.165, 1.54) is 25.3 Å². The molecule has 0 radical (unpaired) electrons. The van der Waals surface area contributed by atoms with Gasteiger partial charge in [-0.15, -0.1) is 11.6 Å². The van der Waals surface area contributed by atoms with E-state index in [-0.39, 0.29) is 5.02 Å². The average Bonchev–Trinajstić information content (AvgIpc) is 2.96. The third kappa shape index (κ3) is 2.42. The first-order valence-electron chi connectivity index (χ1n) is 7.00. The molecule has 1 fully saturated rings. The Kier molecular flexibility index (Phi) is 3.91. The Morgan fingerprint density at radius 2 is 2.20 bits per heavy atom. The molecule has 0 spiro atoms. The van der Waals surface area contributed by atoms with Gasteiger partial charge >= 0.3 is 0 Å². The van der Waals surface area contributed by atoms with Crippen LogP contribution in [-0.2, 0) is 12.4 Å². The Bertz CT molecular complexity index is 638. The van der Waals surface area contributed by atoms with E-state index >= 15 is 0 Å². The number of aromatic nitrogens is 2. The molecule has 1 saturated carbocycles. The molecule has 2 aromatic rings. The van der Waals surface area contributed by atoms with Crippen molar-refractivity contribution in [2.45, 2.75) is 38.6 Å². The molecule has 0 aliphatic heterocycles. The van der Waals surface area contributed by atoms with Crippen molar-refractivity contribution in [1.29, 1.82) is 0 Å². The van der Waals surface area contributed by atoms with Crippen LogP contribution in [0.4, 0.5) is 4.39 Å². The molecule has 0 saturated heterocycles. The third-order valence-electron chi connectivity index (χ3n) is 4.45. The topological polar surface area (TPSA) is 17.8 Å². The van der Waals surface area contributed by atoms with Crippen LogP contribution >= 0.6 is 23.2 Å². The highest BCUT2D eigenvalue weighted by atomic mass is 35.5. The fraction of sp³-hybridized carbons (Fsp3) is 0.533. The summed E-state index contributed by atoms with van der Waals surface area (Å²) in [5, 5.41) is 0.138. The van der Waals surface area contributed by atoms with Crippen molar-refractivity contribution in [1.82, 2.24) is 9.55 Å². The van der Waals surface area contributed by atoms with Gasteiger partial charge in [0.2, 0.25) is 0 Å². The van der Waals surface area contributed by atoms with Crippen LogP contribution in [0, 0.1) is 17.7 Å². The summed E-state index contributed by atoms with van der Waals surface area (Å²) in [6.45, 7) is 3.19. The molecule has 3 rings (SSSR count). The molecule has 1 aliphatic rings. The molecule has 2 nitrogen and oxygen atoms in total. The van der Waals surface area contributed by atoms with Gasteiger partial charge in [0.05, 0.1) is 21.9 Å². The summed E-state index contributed by atoms with van der Waals surface area (Å²) < 4.78 is 15.7. The molecule has 2 atom stereocenters. The van der Waals surface area contributed by atoms with Gasteiger partial charge in [-0.2, -0.15) is 0 Å². The van der Waals surface area contributed by atoms with Gasteiger partial charge in [0, 0.05) is 12.6 Å². The predicted octanol–water partition coefficient (Wildman–Crippen LogP) is 5.00. The number of hydrogen-bond acceptors (Lipinski definition) is 1. The minimum Gasteiger partial charge on any atom is -0.327 e. The summed E-state index contributed by atoms with van der Waals surface area (Å²) >= 11 is 11.9. The van der Waals surface area contributed by atoms with Crippen LogP contribution in [0.3, 0.4) is 0 Å². The zero-order chi connectivity index (χ0) is 14.3. The molecule has 5 heteroatoms. The minimum absolute atomic E-state index is 0.138. The maximum absolute atomic E-state index is 13.5. The summed E-state index contributed by atoms with van der Waals surface area (Å²) in [6, 6.07) is 3.05. The number of nitrogens with zero attached hydrogens (tertiary/aromatic N) is 2. The standard InChI is InChI=1S/C15H17Cl2FN2/c1-9-3-2-4-10(9)8-20-14-5-11(17)12(18)6-13(14)19-15(20)7-16/h5-6,9-10H,2-4,7-8H2,1H3. The van der Waals surface area contributed by atoms with Crippen LogP contribution in [0.15, 0.2) is 12.1 Å². The molecule has 0 N–H and O–H groups in total. The Morgan fingerprint density at radius 3 is 2.85 bits per heavy atom. The van der Waals surface area contributed by atoms with Gasteiger partial charge < -0.3 is 4.57 Å². The Morgan fingerprint density at radius 1 is 1.40 bits per heavy atom. The van der Waals surface area contributed by atoms with E-state index in [1.54, 1.807) is 6.07 Å². The molecule has 0 amide bonds. The third-order valence-corrected chi connectivity index (χ3v) is 4.97. The lowest BCUT2D eigenvalue weighted by Crippen LogP contribution is -2.14. The molecule has 1 heterocycles. The number of hydrogen-bond donors (Lipinski definition) is 0. The molecule has 2 unspecified atom stereocenters. The van der Waals surface area contributed by atoms with Crippen molar-refractivity contribution in [3.05, 3.63) is 28.8 Å². The average molecular weight is 315 g/mol. The van der Waals surface area contributed by atoms with Crippen molar-refractivity contribution in [3.8, 4) is 0 Å². The zero-order valence-electron chi connectivity index (χ0n) is 11.4. The fourth-order valence-electron chi connectivity index (χ4n) is 3.20. The summed E-state index contributed by atoms with van der Waals surface area (Å²) in [7, 11) is 0. The first-order chi connectivity index (χ1) is 9.60. The second kappa shape index (κ2) is 5.53. The van der Waals surface area contributed by atoms with E-state index in [9.17, 15) is 4.39 Å². The van der Waals surface area contributed by atoms with Crippen LogP contribution in [0.1, 0.15) is 32.0 Å². The first-order valence-corrected chi connectivity index (χ1v) is 7.91. The molecule has 1 aromatic carbocycles. The van der Waals surface area contributed by atoms with Crippen molar-refractivity contribution < 1.29 is 4.39 Å². The molecule has 1 aliphatic carbocycles. The number of fused-ring (bicyclic) bond motifs is 1. The van der Waals surface area contributed by atoms with E-state index < -0.39 is 5.82 Å². The second-order valence-corrected chi connectivity index (χ2v) is 6.37. The van der Waals surface area contributed by atoms with Crippen molar-refractivity contribution in [3.63, 3.8) is 0 Å². The number of benzene rings is 1. The summed E-state index contributed by atoms with van der Waals surface area (Å²) in [4.78, 5) is 4.43. The van der Waals surface area contributed by atoms with E-state index in [1.807, 2.05) is 0 Å². The van der Waals surface area contributed by atoms with Gasteiger partial charge in [-0.05, 0) is 24.3 Å². The van der Waals surface area contributed by atoms with Gasteiger partial charge in [-0.25, -0.2) is 9.37 Å². The maximum atomic E-state index is 13.5. The highest BCUT2D eigenvalue weighted by Crippen LogP contribution is 2.34. The van der Waals surface area contributed by atoms with Crippen molar-refractivity contribution in [2.75, 3.05) is 0 Å². The fourth-order valence-corrected chi connectivity index (χ4v) is 3.57. The summed E-state index contributed by atoms with van der Waals surface area (Å²) in [5.41, 5.74) is 1.51. The van der Waals surface area contributed by atoms with Gasteiger partial charge in [-0.1, -0.05) is 31.4 Å². The molecule has 1 aromatic heterocycles. The normalized spacial score (nSPS) is 22.8. The van der Waals surface area contributed by atoms with Crippen LogP contribution in [0.5, 0.6) is 0 Å². The molecular weight excluding hydrogens is 298 g/mol. The van der Waals surface area contributed by atoms with E-state index in [2.05, 4.69) is 16.5 Å². The molecule has 108 valence electrons. The van der Waals surface area contributed by atoms with Crippen LogP contribution in [0.25, 0.3) is 11.0 Å². The first kappa shape index (κ1) is 14.2. The highest BCUT2D eigenvalue weighted by molar-refractivity contribution is 6.31. The van der Waals surface area contributed by atoms with E-state index in [0.717, 1.165) is 17.9 Å². The van der Waals surface area contributed by atoms with E-state index in [4.69, 9.17) is 23.2 Å². The second-order valence-electron chi connectivity index (χ2n) is 5.70. The Hall–Kier alpha value is -0.800. The zero-order valence-corrected chi connectivity index (χ0v) is 12.9. The van der Waals surface area contributed by atoms with Gasteiger partial charge in [-0.3, -0.25) is 0 Å². The summed E-state index contributed by atoms with van der Waals surface area (Å²) in [5.74, 6) is 2.04. The van der Waals surface area contributed by atoms with Crippen LogP contribution in [-0.4, -0.2) is 9.55 Å². The number of alkyl halides is 1. The monoisotopic (exact) mass is 314 g/mol. The summed E-state index contributed by atoms with van der Waals surface area (Å²) in [6.07, 6.45) is 3.80. The molecule has 20 heavy (non-hydrogen) atoms.